The fourth-order valence-electron chi connectivity index (χ4n) is 1.84. The molecular formula is C14H12FN3O3. The van der Waals surface area contributed by atoms with Crippen LogP contribution in [-0.2, 0) is 6.54 Å². The van der Waals surface area contributed by atoms with E-state index in [1.165, 1.54) is 11.0 Å². The summed E-state index contributed by atoms with van der Waals surface area (Å²) in [6.45, 7) is 0.333. The molecule has 0 aliphatic rings. The van der Waals surface area contributed by atoms with Crippen molar-refractivity contribution in [2.45, 2.75) is 6.54 Å². The van der Waals surface area contributed by atoms with E-state index < -0.39 is 22.3 Å². The Balaban J connectivity index is 2.16. The number of nitrogens with zero attached hydrogens (tertiary/aromatic N) is 3. The maximum absolute atomic E-state index is 13.5. The van der Waals surface area contributed by atoms with Gasteiger partial charge in [0.25, 0.3) is 5.91 Å². The first-order chi connectivity index (χ1) is 9.99. The van der Waals surface area contributed by atoms with Gasteiger partial charge in [-0.15, -0.1) is 0 Å². The van der Waals surface area contributed by atoms with Crippen molar-refractivity contribution in [3.63, 3.8) is 0 Å². The Labute approximate surface area is 120 Å². The first-order valence-corrected chi connectivity index (χ1v) is 6.07. The van der Waals surface area contributed by atoms with Gasteiger partial charge in [-0.1, -0.05) is 0 Å². The molecule has 2 rings (SSSR count). The van der Waals surface area contributed by atoms with Crippen LogP contribution in [0.2, 0.25) is 0 Å². The minimum absolute atomic E-state index is 0.0645. The topological polar surface area (TPSA) is 76.3 Å². The summed E-state index contributed by atoms with van der Waals surface area (Å²) in [5.41, 5.74) is 0.293. The molecule has 0 radical (unpaired) electrons. The SMILES string of the molecule is CN(Cc1ccncc1)C(=O)c1ccc([N+](=O)[O-])c(F)c1. The lowest BCUT2D eigenvalue weighted by Gasteiger charge is -2.17. The second-order valence-electron chi connectivity index (χ2n) is 4.44. The zero-order valence-electron chi connectivity index (χ0n) is 11.2. The van der Waals surface area contributed by atoms with Gasteiger partial charge in [0, 0.05) is 37.6 Å². The number of amides is 1. The number of carbonyl (C=O) groups excluding carboxylic acids is 1. The number of hydrogen-bond donors (Lipinski definition) is 0. The highest BCUT2D eigenvalue weighted by Gasteiger charge is 2.18. The highest BCUT2D eigenvalue weighted by atomic mass is 19.1. The van der Waals surface area contributed by atoms with Gasteiger partial charge in [0.05, 0.1) is 4.92 Å². The number of benzene rings is 1. The average molecular weight is 289 g/mol. The highest BCUT2D eigenvalue weighted by Crippen LogP contribution is 2.19. The molecule has 1 aromatic carbocycles. The fourth-order valence-corrected chi connectivity index (χ4v) is 1.84. The molecule has 0 N–H and O–H groups in total. The Morgan fingerprint density at radius 2 is 2.00 bits per heavy atom. The molecule has 0 saturated heterocycles. The Morgan fingerprint density at radius 1 is 1.33 bits per heavy atom. The van der Waals surface area contributed by atoms with Crippen molar-refractivity contribution in [1.29, 1.82) is 0 Å². The van der Waals surface area contributed by atoms with Gasteiger partial charge in [-0.3, -0.25) is 19.9 Å². The van der Waals surface area contributed by atoms with Gasteiger partial charge < -0.3 is 4.90 Å². The van der Waals surface area contributed by atoms with E-state index in [9.17, 15) is 19.3 Å². The molecule has 1 heterocycles. The quantitative estimate of drug-likeness (QED) is 0.639. The molecule has 0 bridgehead atoms. The van der Waals surface area contributed by atoms with Gasteiger partial charge in [0.1, 0.15) is 0 Å². The van der Waals surface area contributed by atoms with E-state index in [0.29, 0.717) is 6.54 Å². The van der Waals surface area contributed by atoms with E-state index in [1.807, 2.05) is 0 Å². The van der Waals surface area contributed by atoms with Crippen molar-refractivity contribution in [2.24, 2.45) is 0 Å². The smallest absolute Gasteiger partial charge is 0.304 e. The molecule has 0 atom stereocenters. The molecule has 0 unspecified atom stereocenters. The predicted molar refractivity (Wildman–Crippen MR) is 73.1 cm³/mol. The molecule has 6 nitrogen and oxygen atoms in total. The van der Waals surface area contributed by atoms with Gasteiger partial charge in [-0.05, 0) is 29.8 Å². The van der Waals surface area contributed by atoms with Crippen LogP contribution in [0, 0.1) is 15.9 Å². The molecule has 2 aromatic rings. The maximum atomic E-state index is 13.5. The van der Waals surface area contributed by atoms with E-state index in [0.717, 1.165) is 17.7 Å². The second-order valence-corrected chi connectivity index (χ2v) is 4.44. The number of pyridine rings is 1. The number of carbonyl (C=O) groups is 1. The molecule has 0 aliphatic carbocycles. The summed E-state index contributed by atoms with van der Waals surface area (Å²) in [5, 5.41) is 10.5. The molecule has 1 amide bonds. The third-order valence-electron chi connectivity index (χ3n) is 2.91. The average Bonchev–Trinajstić information content (AvgIpc) is 2.47. The van der Waals surface area contributed by atoms with Crippen molar-refractivity contribution in [3.05, 3.63) is 69.8 Å². The van der Waals surface area contributed by atoms with Crippen molar-refractivity contribution < 1.29 is 14.1 Å². The predicted octanol–water partition coefficient (Wildman–Crippen LogP) is 2.40. The molecule has 0 aliphatic heterocycles. The minimum Gasteiger partial charge on any atom is -0.337 e. The minimum atomic E-state index is -1.02. The highest BCUT2D eigenvalue weighted by molar-refractivity contribution is 5.94. The van der Waals surface area contributed by atoms with Crippen LogP contribution in [0.4, 0.5) is 10.1 Å². The van der Waals surface area contributed by atoms with Gasteiger partial charge in [0.15, 0.2) is 0 Å². The van der Waals surface area contributed by atoms with Crippen molar-refractivity contribution in [3.8, 4) is 0 Å². The molecule has 7 heteroatoms. The monoisotopic (exact) mass is 289 g/mol. The number of aromatic nitrogens is 1. The van der Waals surface area contributed by atoms with Gasteiger partial charge in [0.2, 0.25) is 5.82 Å². The maximum Gasteiger partial charge on any atom is 0.304 e. The molecule has 1 aromatic heterocycles. The number of nitro groups is 1. The fraction of sp³-hybridized carbons (Fsp3) is 0.143. The third-order valence-corrected chi connectivity index (χ3v) is 2.91. The molecule has 0 saturated carbocycles. The third kappa shape index (κ3) is 3.38. The van der Waals surface area contributed by atoms with E-state index in [2.05, 4.69) is 4.98 Å². The van der Waals surface area contributed by atoms with Crippen molar-refractivity contribution in [1.82, 2.24) is 9.88 Å². The second kappa shape index (κ2) is 6.08. The normalized spacial score (nSPS) is 10.2. The van der Waals surface area contributed by atoms with E-state index in [1.54, 1.807) is 31.6 Å². The Hall–Kier alpha value is -2.83. The molecule has 21 heavy (non-hydrogen) atoms. The molecule has 108 valence electrons. The summed E-state index contributed by atoms with van der Waals surface area (Å²) in [6.07, 6.45) is 3.22. The van der Waals surface area contributed by atoms with Crippen molar-refractivity contribution >= 4 is 11.6 Å². The summed E-state index contributed by atoms with van der Waals surface area (Å²) in [4.78, 5) is 27.1. The van der Waals surface area contributed by atoms with Crippen molar-refractivity contribution in [2.75, 3.05) is 7.05 Å². The van der Waals surface area contributed by atoms with E-state index in [-0.39, 0.29) is 5.56 Å². The lowest BCUT2D eigenvalue weighted by molar-refractivity contribution is -0.387. The summed E-state index contributed by atoms with van der Waals surface area (Å²) in [6, 6.07) is 6.64. The van der Waals surface area contributed by atoms with Crippen LogP contribution in [0.5, 0.6) is 0 Å². The summed E-state index contributed by atoms with van der Waals surface area (Å²) in [5.74, 6) is -1.44. The van der Waals surface area contributed by atoms with Gasteiger partial charge in [-0.25, -0.2) is 0 Å². The van der Waals surface area contributed by atoms with Gasteiger partial charge in [-0.2, -0.15) is 4.39 Å². The van der Waals surface area contributed by atoms with Crippen LogP contribution < -0.4 is 0 Å². The van der Waals surface area contributed by atoms with E-state index in [4.69, 9.17) is 0 Å². The van der Waals surface area contributed by atoms with Crippen LogP contribution in [0.25, 0.3) is 0 Å². The lowest BCUT2D eigenvalue weighted by Crippen LogP contribution is -2.26. The van der Waals surface area contributed by atoms with E-state index >= 15 is 0 Å². The summed E-state index contributed by atoms with van der Waals surface area (Å²) in [7, 11) is 1.57. The standard InChI is InChI=1S/C14H12FN3O3/c1-17(9-10-4-6-16-7-5-10)14(19)11-2-3-13(18(20)21)12(15)8-11/h2-8H,9H2,1H3. The molecule has 0 fully saturated rings. The number of nitro benzene ring substituents is 1. The Bertz CT molecular complexity index is 676. The number of hydrogen-bond acceptors (Lipinski definition) is 4. The summed E-state index contributed by atoms with van der Waals surface area (Å²) >= 11 is 0. The molecular weight excluding hydrogens is 277 g/mol. The zero-order chi connectivity index (χ0) is 15.4. The number of halogens is 1. The van der Waals surface area contributed by atoms with Crippen LogP contribution in [0.1, 0.15) is 15.9 Å². The van der Waals surface area contributed by atoms with Crippen LogP contribution in [0.3, 0.4) is 0 Å². The lowest BCUT2D eigenvalue weighted by atomic mass is 10.1. The number of rotatable bonds is 4. The Morgan fingerprint density at radius 3 is 2.57 bits per heavy atom. The van der Waals surface area contributed by atoms with Crippen LogP contribution in [0.15, 0.2) is 42.7 Å². The first kappa shape index (κ1) is 14.6. The van der Waals surface area contributed by atoms with Crippen LogP contribution in [-0.4, -0.2) is 27.8 Å². The van der Waals surface area contributed by atoms with Crippen LogP contribution >= 0.6 is 0 Å². The Kier molecular flexibility index (Phi) is 4.22. The largest absolute Gasteiger partial charge is 0.337 e. The summed E-state index contributed by atoms with van der Waals surface area (Å²) < 4.78 is 13.5. The zero-order valence-corrected chi connectivity index (χ0v) is 11.2. The van der Waals surface area contributed by atoms with Gasteiger partial charge >= 0.3 is 5.69 Å². The molecule has 0 spiro atoms. The first-order valence-electron chi connectivity index (χ1n) is 6.07.